The van der Waals surface area contributed by atoms with Crippen LogP contribution in [0.1, 0.15) is 45.4 Å². The Morgan fingerprint density at radius 1 is 1.30 bits per heavy atom. The lowest BCUT2D eigenvalue weighted by Crippen LogP contribution is -2.58. The van der Waals surface area contributed by atoms with Crippen molar-refractivity contribution in [3.05, 3.63) is 0 Å². The molecule has 2 N–H and O–H groups in total. The van der Waals surface area contributed by atoms with Gasteiger partial charge in [-0.2, -0.15) is 0 Å². The normalized spacial score (nSPS) is 27.9. The van der Waals surface area contributed by atoms with Gasteiger partial charge in [-0.25, -0.2) is 0 Å². The first-order chi connectivity index (χ1) is 9.70. The average Bonchev–Trinajstić information content (AvgIpc) is 2.47. The minimum Gasteiger partial charge on any atom is -0.374 e. The molecular weight excluding hydrogens is 250 g/mol. The third-order valence-corrected chi connectivity index (χ3v) is 5.09. The molecule has 1 atom stereocenters. The summed E-state index contributed by atoms with van der Waals surface area (Å²) in [6.07, 6.45) is 8.14. The minimum absolute atomic E-state index is 0.244. The molecule has 1 saturated carbocycles. The first kappa shape index (κ1) is 16.2. The first-order valence-corrected chi connectivity index (χ1v) is 8.45. The van der Waals surface area contributed by atoms with Crippen molar-refractivity contribution < 1.29 is 4.74 Å². The zero-order valence-electron chi connectivity index (χ0n) is 13.4. The highest BCUT2D eigenvalue weighted by Crippen LogP contribution is 2.33. The van der Waals surface area contributed by atoms with Crippen LogP contribution in [0.2, 0.25) is 0 Å². The Kier molecular flexibility index (Phi) is 6.27. The van der Waals surface area contributed by atoms with Gasteiger partial charge in [0.15, 0.2) is 0 Å². The molecule has 2 rings (SSSR count). The van der Waals surface area contributed by atoms with Crippen molar-refractivity contribution in [2.24, 2.45) is 5.73 Å². The summed E-state index contributed by atoms with van der Waals surface area (Å²) in [5, 5.41) is 0. The van der Waals surface area contributed by atoms with Crippen molar-refractivity contribution in [2.45, 2.75) is 57.1 Å². The highest BCUT2D eigenvalue weighted by Gasteiger charge is 2.37. The van der Waals surface area contributed by atoms with Gasteiger partial charge in [-0.05, 0) is 32.9 Å². The Balaban J connectivity index is 2.00. The monoisotopic (exact) mass is 283 g/mol. The van der Waals surface area contributed by atoms with Gasteiger partial charge in [0.2, 0.25) is 0 Å². The predicted octanol–water partition coefficient (Wildman–Crippen LogP) is 1.69. The van der Waals surface area contributed by atoms with Crippen LogP contribution in [-0.2, 0) is 4.74 Å². The zero-order valence-corrected chi connectivity index (χ0v) is 13.4. The molecule has 0 aromatic heterocycles. The Morgan fingerprint density at radius 3 is 2.65 bits per heavy atom. The van der Waals surface area contributed by atoms with Gasteiger partial charge in [0, 0.05) is 31.7 Å². The van der Waals surface area contributed by atoms with E-state index in [1.807, 2.05) is 0 Å². The number of hydrogen-bond donors (Lipinski definition) is 1. The van der Waals surface area contributed by atoms with E-state index in [4.69, 9.17) is 10.5 Å². The molecule has 0 amide bonds. The van der Waals surface area contributed by atoms with Crippen LogP contribution < -0.4 is 5.73 Å². The fourth-order valence-corrected chi connectivity index (χ4v) is 3.87. The van der Waals surface area contributed by atoms with Crippen molar-refractivity contribution in [1.29, 1.82) is 0 Å². The second-order valence-electron chi connectivity index (χ2n) is 6.69. The zero-order chi connectivity index (χ0) is 14.4. The number of rotatable bonds is 6. The van der Waals surface area contributed by atoms with E-state index in [1.165, 1.54) is 38.5 Å². The summed E-state index contributed by atoms with van der Waals surface area (Å²) in [6.45, 7) is 8.27. The third kappa shape index (κ3) is 3.94. The largest absolute Gasteiger partial charge is 0.374 e. The summed E-state index contributed by atoms with van der Waals surface area (Å²) in [5.41, 5.74) is 6.45. The van der Waals surface area contributed by atoms with Crippen LogP contribution in [0.5, 0.6) is 0 Å². The highest BCUT2D eigenvalue weighted by atomic mass is 16.5. The van der Waals surface area contributed by atoms with E-state index in [0.717, 1.165) is 39.3 Å². The molecule has 2 aliphatic rings. The Labute approximate surface area is 124 Å². The summed E-state index contributed by atoms with van der Waals surface area (Å²) < 4.78 is 5.98. The summed E-state index contributed by atoms with van der Waals surface area (Å²) in [4.78, 5) is 5.05. The lowest BCUT2D eigenvalue weighted by atomic mass is 9.80. The van der Waals surface area contributed by atoms with Gasteiger partial charge in [-0.3, -0.25) is 4.90 Å². The first-order valence-electron chi connectivity index (χ1n) is 8.45. The SMILES string of the molecule is CCCN(CC1CN(C)CCO1)C1(CN)CCCCC1. The van der Waals surface area contributed by atoms with Crippen LogP contribution >= 0.6 is 0 Å². The minimum atomic E-state index is 0.244. The van der Waals surface area contributed by atoms with Gasteiger partial charge < -0.3 is 15.4 Å². The van der Waals surface area contributed by atoms with E-state index in [2.05, 4.69) is 23.8 Å². The molecule has 4 heteroatoms. The summed E-state index contributed by atoms with van der Waals surface area (Å²) >= 11 is 0. The fraction of sp³-hybridized carbons (Fsp3) is 1.00. The number of nitrogens with zero attached hydrogens (tertiary/aromatic N) is 2. The van der Waals surface area contributed by atoms with E-state index in [9.17, 15) is 0 Å². The molecule has 1 saturated heterocycles. The molecule has 0 aromatic carbocycles. The number of ether oxygens (including phenoxy) is 1. The van der Waals surface area contributed by atoms with Crippen molar-refractivity contribution in [1.82, 2.24) is 9.80 Å². The van der Waals surface area contributed by atoms with Crippen LogP contribution in [0, 0.1) is 0 Å². The van der Waals surface area contributed by atoms with Gasteiger partial charge >= 0.3 is 0 Å². The Bertz CT molecular complexity index is 279. The second-order valence-corrected chi connectivity index (χ2v) is 6.69. The maximum atomic E-state index is 6.21. The van der Waals surface area contributed by atoms with Gasteiger partial charge in [-0.15, -0.1) is 0 Å². The van der Waals surface area contributed by atoms with E-state index >= 15 is 0 Å². The molecule has 1 unspecified atom stereocenters. The molecule has 1 aliphatic heterocycles. The van der Waals surface area contributed by atoms with E-state index in [0.29, 0.717) is 6.10 Å². The van der Waals surface area contributed by atoms with Crippen LogP contribution in [0.4, 0.5) is 0 Å². The van der Waals surface area contributed by atoms with Crippen molar-refractivity contribution in [2.75, 3.05) is 46.4 Å². The fourth-order valence-electron chi connectivity index (χ4n) is 3.87. The molecule has 4 nitrogen and oxygen atoms in total. The molecule has 0 bridgehead atoms. The predicted molar refractivity (Wildman–Crippen MR) is 84.0 cm³/mol. The lowest BCUT2D eigenvalue weighted by molar-refractivity contribution is -0.0593. The molecule has 0 spiro atoms. The van der Waals surface area contributed by atoms with Gasteiger partial charge in [0.05, 0.1) is 12.7 Å². The Hall–Kier alpha value is -0.160. The third-order valence-electron chi connectivity index (χ3n) is 5.09. The van der Waals surface area contributed by atoms with Crippen LogP contribution in [0.25, 0.3) is 0 Å². The summed E-state index contributed by atoms with van der Waals surface area (Å²) in [7, 11) is 2.19. The smallest absolute Gasteiger partial charge is 0.0829 e. The maximum Gasteiger partial charge on any atom is 0.0829 e. The molecule has 0 aromatic rings. The van der Waals surface area contributed by atoms with Crippen LogP contribution in [-0.4, -0.2) is 67.8 Å². The molecule has 0 radical (unpaired) electrons. The van der Waals surface area contributed by atoms with E-state index < -0.39 is 0 Å². The van der Waals surface area contributed by atoms with Crippen LogP contribution in [0.3, 0.4) is 0 Å². The van der Waals surface area contributed by atoms with Crippen molar-refractivity contribution in [3.63, 3.8) is 0 Å². The molecule has 2 fully saturated rings. The van der Waals surface area contributed by atoms with Gasteiger partial charge in [0.1, 0.15) is 0 Å². The van der Waals surface area contributed by atoms with Crippen molar-refractivity contribution in [3.8, 4) is 0 Å². The average molecular weight is 283 g/mol. The van der Waals surface area contributed by atoms with Crippen LogP contribution in [0.15, 0.2) is 0 Å². The molecule has 1 aliphatic carbocycles. The topological polar surface area (TPSA) is 41.7 Å². The number of hydrogen-bond acceptors (Lipinski definition) is 4. The second kappa shape index (κ2) is 7.74. The molecule has 1 heterocycles. The maximum absolute atomic E-state index is 6.21. The summed E-state index contributed by atoms with van der Waals surface area (Å²) in [5.74, 6) is 0. The lowest BCUT2D eigenvalue weighted by Gasteiger charge is -2.48. The Morgan fingerprint density at radius 2 is 2.05 bits per heavy atom. The molecule has 20 heavy (non-hydrogen) atoms. The molecule has 118 valence electrons. The highest BCUT2D eigenvalue weighted by molar-refractivity contribution is 4.95. The van der Waals surface area contributed by atoms with E-state index in [-0.39, 0.29) is 5.54 Å². The number of likely N-dealkylation sites (N-methyl/N-ethyl adjacent to an activating group) is 1. The summed E-state index contributed by atoms with van der Waals surface area (Å²) in [6, 6.07) is 0. The van der Waals surface area contributed by atoms with Gasteiger partial charge in [-0.1, -0.05) is 26.2 Å². The molecular formula is C16H33N3O. The van der Waals surface area contributed by atoms with E-state index in [1.54, 1.807) is 0 Å². The number of nitrogens with two attached hydrogens (primary N) is 1. The van der Waals surface area contributed by atoms with Crippen molar-refractivity contribution >= 4 is 0 Å². The number of morpholine rings is 1. The standard InChI is InChI=1S/C16H33N3O/c1-3-9-19(13-15-12-18(2)10-11-20-15)16(14-17)7-5-4-6-8-16/h15H,3-14,17H2,1-2H3. The quantitative estimate of drug-likeness (QED) is 0.805. The van der Waals surface area contributed by atoms with Gasteiger partial charge in [0.25, 0.3) is 0 Å².